The molecule has 1 N–H and O–H groups in total. The van der Waals surface area contributed by atoms with Crippen LogP contribution in [0.15, 0.2) is 0 Å². The van der Waals surface area contributed by atoms with Gasteiger partial charge in [0.05, 0.1) is 6.61 Å². The average molecular weight is 225 g/mol. The Bertz CT molecular complexity index is 170. The van der Waals surface area contributed by atoms with Crippen LogP contribution in [0.3, 0.4) is 0 Å². The molecule has 0 spiro atoms. The molecule has 0 heterocycles. The lowest BCUT2D eigenvalue weighted by Gasteiger charge is -2.00. The minimum absolute atomic E-state index is 0. The normalized spacial score (nSPS) is 8.93. The van der Waals surface area contributed by atoms with E-state index in [0.29, 0.717) is 25.9 Å². The van der Waals surface area contributed by atoms with Gasteiger partial charge in [-0.05, 0) is 19.8 Å². The number of esters is 1. The van der Waals surface area contributed by atoms with Gasteiger partial charge in [0.25, 0.3) is 0 Å². The van der Waals surface area contributed by atoms with E-state index in [1.54, 1.807) is 6.92 Å². The Morgan fingerprint density at radius 3 is 2.21 bits per heavy atom. The molecule has 0 saturated carbocycles. The third-order valence-electron chi connectivity index (χ3n) is 1.58. The summed E-state index contributed by atoms with van der Waals surface area (Å²) in [6.45, 7) is 2.18. The molecule has 0 rings (SSSR count). The van der Waals surface area contributed by atoms with Crippen molar-refractivity contribution in [3.8, 4) is 0 Å². The van der Waals surface area contributed by atoms with Crippen LogP contribution in [0.2, 0.25) is 0 Å². The van der Waals surface area contributed by atoms with Crippen LogP contribution >= 0.6 is 12.4 Å². The number of halogens is 1. The van der Waals surface area contributed by atoms with Crippen LogP contribution in [-0.2, 0) is 14.3 Å². The first kappa shape index (κ1) is 15.7. The summed E-state index contributed by atoms with van der Waals surface area (Å²) in [5.74, 6) is -0.978. The predicted molar refractivity (Wildman–Crippen MR) is 54.6 cm³/mol. The first-order valence-electron chi connectivity index (χ1n) is 4.54. The van der Waals surface area contributed by atoms with Crippen LogP contribution < -0.4 is 0 Å². The molecule has 0 fully saturated rings. The highest BCUT2D eigenvalue weighted by Crippen LogP contribution is 2.03. The molecule has 0 bridgehead atoms. The van der Waals surface area contributed by atoms with Crippen LogP contribution in [0.4, 0.5) is 0 Å². The zero-order chi connectivity index (χ0) is 10.1. The van der Waals surface area contributed by atoms with Gasteiger partial charge in [-0.3, -0.25) is 9.59 Å². The molecular formula is C9H17ClO4. The van der Waals surface area contributed by atoms with Crippen molar-refractivity contribution < 1.29 is 19.4 Å². The quantitative estimate of drug-likeness (QED) is 0.531. The number of carbonyl (C=O) groups excluding carboxylic acids is 1. The SMILES string of the molecule is CCOC(=O)CCCCCC(=O)O.Cl. The Morgan fingerprint density at radius 2 is 1.71 bits per heavy atom. The third kappa shape index (κ3) is 11.2. The fourth-order valence-electron chi connectivity index (χ4n) is 0.955. The van der Waals surface area contributed by atoms with Gasteiger partial charge in [-0.15, -0.1) is 12.4 Å². The molecule has 4 nitrogen and oxygen atoms in total. The van der Waals surface area contributed by atoms with E-state index in [2.05, 4.69) is 0 Å². The zero-order valence-corrected chi connectivity index (χ0v) is 9.14. The summed E-state index contributed by atoms with van der Waals surface area (Å²) in [7, 11) is 0. The lowest BCUT2D eigenvalue weighted by molar-refractivity contribution is -0.143. The second kappa shape index (κ2) is 10.3. The number of ether oxygens (including phenoxy) is 1. The summed E-state index contributed by atoms with van der Waals surface area (Å²) < 4.78 is 4.71. The summed E-state index contributed by atoms with van der Waals surface area (Å²) in [6, 6.07) is 0. The number of rotatable bonds is 7. The molecule has 0 aromatic rings. The van der Waals surface area contributed by atoms with Gasteiger partial charge < -0.3 is 9.84 Å². The van der Waals surface area contributed by atoms with Crippen LogP contribution in [0.1, 0.15) is 39.0 Å². The molecule has 0 aliphatic rings. The standard InChI is InChI=1S/C9H16O4.ClH/c1-2-13-9(12)7-5-3-4-6-8(10)11;/h2-7H2,1H3,(H,10,11);1H. The number of carbonyl (C=O) groups is 2. The molecule has 0 amide bonds. The van der Waals surface area contributed by atoms with E-state index in [0.717, 1.165) is 6.42 Å². The van der Waals surface area contributed by atoms with Crippen molar-refractivity contribution in [3.63, 3.8) is 0 Å². The van der Waals surface area contributed by atoms with Gasteiger partial charge in [0.2, 0.25) is 0 Å². The largest absolute Gasteiger partial charge is 0.481 e. The smallest absolute Gasteiger partial charge is 0.305 e. The molecule has 0 aromatic heterocycles. The van der Waals surface area contributed by atoms with Crippen LogP contribution in [-0.4, -0.2) is 23.7 Å². The zero-order valence-electron chi connectivity index (χ0n) is 8.32. The van der Waals surface area contributed by atoms with Crippen molar-refractivity contribution in [1.29, 1.82) is 0 Å². The minimum atomic E-state index is -0.781. The molecule has 14 heavy (non-hydrogen) atoms. The summed E-state index contributed by atoms with van der Waals surface area (Å²) >= 11 is 0. The third-order valence-corrected chi connectivity index (χ3v) is 1.58. The van der Waals surface area contributed by atoms with Crippen molar-refractivity contribution in [2.75, 3.05) is 6.61 Å². The highest BCUT2D eigenvalue weighted by molar-refractivity contribution is 5.85. The first-order valence-corrected chi connectivity index (χ1v) is 4.54. The minimum Gasteiger partial charge on any atom is -0.481 e. The van der Waals surface area contributed by atoms with E-state index < -0.39 is 5.97 Å². The molecule has 0 unspecified atom stereocenters. The van der Waals surface area contributed by atoms with Gasteiger partial charge in [0.15, 0.2) is 0 Å². The topological polar surface area (TPSA) is 63.6 Å². The van der Waals surface area contributed by atoms with E-state index in [-0.39, 0.29) is 24.8 Å². The van der Waals surface area contributed by atoms with Gasteiger partial charge in [-0.1, -0.05) is 6.42 Å². The van der Waals surface area contributed by atoms with Crippen molar-refractivity contribution in [3.05, 3.63) is 0 Å². The second-order valence-electron chi connectivity index (χ2n) is 2.76. The molecule has 0 aromatic carbocycles. The Hall–Kier alpha value is -0.770. The van der Waals surface area contributed by atoms with E-state index in [4.69, 9.17) is 9.84 Å². The summed E-state index contributed by atoms with van der Waals surface area (Å²) in [5.41, 5.74) is 0. The summed E-state index contributed by atoms with van der Waals surface area (Å²) in [5, 5.41) is 8.31. The molecule has 84 valence electrons. The van der Waals surface area contributed by atoms with Crippen LogP contribution in [0, 0.1) is 0 Å². The maximum Gasteiger partial charge on any atom is 0.305 e. The van der Waals surface area contributed by atoms with Crippen molar-refractivity contribution >= 4 is 24.3 Å². The summed E-state index contributed by atoms with van der Waals surface area (Å²) in [6.07, 6.45) is 2.70. The van der Waals surface area contributed by atoms with E-state index in [9.17, 15) is 9.59 Å². The second-order valence-corrected chi connectivity index (χ2v) is 2.76. The lowest BCUT2D eigenvalue weighted by Crippen LogP contribution is -2.03. The molecule has 0 aliphatic carbocycles. The maximum absolute atomic E-state index is 10.8. The van der Waals surface area contributed by atoms with Gasteiger partial charge in [0.1, 0.15) is 0 Å². The number of carboxylic acids is 1. The fraction of sp³-hybridized carbons (Fsp3) is 0.778. The van der Waals surface area contributed by atoms with E-state index in [1.165, 1.54) is 0 Å². The van der Waals surface area contributed by atoms with Crippen molar-refractivity contribution in [2.24, 2.45) is 0 Å². The number of aliphatic carboxylic acids is 1. The Labute approximate surface area is 90.0 Å². The molecule has 0 aliphatic heterocycles. The van der Waals surface area contributed by atoms with Gasteiger partial charge in [0, 0.05) is 12.8 Å². The molecule has 5 heteroatoms. The van der Waals surface area contributed by atoms with Gasteiger partial charge >= 0.3 is 11.9 Å². The Balaban J connectivity index is 0. The summed E-state index contributed by atoms with van der Waals surface area (Å²) in [4.78, 5) is 20.9. The Kier molecular flexibility index (Phi) is 11.6. The average Bonchev–Trinajstić information content (AvgIpc) is 2.03. The van der Waals surface area contributed by atoms with Crippen LogP contribution in [0.25, 0.3) is 0 Å². The fourth-order valence-corrected chi connectivity index (χ4v) is 0.955. The van der Waals surface area contributed by atoms with Gasteiger partial charge in [-0.25, -0.2) is 0 Å². The highest BCUT2D eigenvalue weighted by Gasteiger charge is 2.01. The molecular weight excluding hydrogens is 208 g/mol. The number of hydrogen-bond donors (Lipinski definition) is 1. The van der Waals surface area contributed by atoms with Crippen molar-refractivity contribution in [2.45, 2.75) is 39.0 Å². The monoisotopic (exact) mass is 224 g/mol. The number of carboxylic acid groups (broad SMARTS) is 1. The number of unbranched alkanes of at least 4 members (excludes halogenated alkanes) is 2. The van der Waals surface area contributed by atoms with Gasteiger partial charge in [-0.2, -0.15) is 0 Å². The molecule has 0 saturated heterocycles. The van der Waals surface area contributed by atoms with Crippen LogP contribution in [0.5, 0.6) is 0 Å². The van der Waals surface area contributed by atoms with E-state index >= 15 is 0 Å². The molecule has 0 radical (unpaired) electrons. The Morgan fingerprint density at radius 1 is 1.14 bits per heavy atom. The number of hydrogen-bond acceptors (Lipinski definition) is 3. The molecule has 0 atom stereocenters. The first-order chi connectivity index (χ1) is 6.16. The maximum atomic E-state index is 10.8. The lowest BCUT2D eigenvalue weighted by atomic mass is 10.1. The highest BCUT2D eigenvalue weighted by atomic mass is 35.5. The van der Waals surface area contributed by atoms with Crippen molar-refractivity contribution in [1.82, 2.24) is 0 Å². The van der Waals surface area contributed by atoms with E-state index in [1.807, 2.05) is 0 Å². The predicted octanol–water partition coefficient (Wildman–Crippen LogP) is 2.01.